The Hall–Kier alpha value is -3.98. The van der Waals surface area contributed by atoms with Gasteiger partial charge in [-0.1, -0.05) is 30.3 Å². The molecule has 0 fully saturated rings. The molecule has 0 saturated carbocycles. The summed E-state index contributed by atoms with van der Waals surface area (Å²) in [6.07, 6.45) is 1.43. The van der Waals surface area contributed by atoms with Gasteiger partial charge in [0.05, 0.1) is 35.3 Å². The molecule has 0 aliphatic carbocycles. The number of hydrogen-bond acceptors (Lipinski definition) is 9. The molecule has 4 atom stereocenters. The van der Waals surface area contributed by atoms with Gasteiger partial charge < -0.3 is 34.6 Å². The predicted octanol–water partition coefficient (Wildman–Crippen LogP) is 5.05. The molecule has 14 heteroatoms. The number of benzene rings is 2. The SMILES string of the molecule is Cc1noc(C)c1NC(=O)Nc1ccc2c(c1)C(=O)N([C@@H](C)CO)C[C@H](C)[C@@H](CN(C)S(=O)(=O)c1ccccc1)OCCCC[C@H](C)O2. The van der Waals surface area contributed by atoms with Gasteiger partial charge in [-0.25, -0.2) is 13.2 Å². The number of nitrogens with zero attached hydrogens (tertiary/aromatic N) is 3. The number of fused-ring (bicyclic) bond motifs is 1. The summed E-state index contributed by atoms with van der Waals surface area (Å²) in [5, 5.41) is 19.6. The summed E-state index contributed by atoms with van der Waals surface area (Å²) in [5.74, 6) is 0.0648. The van der Waals surface area contributed by atoms with Gasteiger partial charge in [-0.05, 0) is 77.3 Å². The number of hydrogen-bond donors (Lipinski definition) is 3. The largest absolute Gasteiger partial charge is 0.490 e. The fraction of sp³-hybridized carbons (Fsp3) is 0.500. The molecule has 48 heavy (non-hydrogen) atoms. The smallest absolute Gasteiger partial charge is 0.323 e. The summed E-state index contributed by atoms with van der Waals surface area (Å²) < 4.78 is 45.7. The quantitative estimate of drug-likeness (QED) is 0.294. The average molecular weight is 686 g/mol. The van der Waals surface area contributed by atoms with Crippen LogP contribution in [0.1, 0.15) is 61.8 Å². The third kappa shape index (κ3) is 9.13. The zero-order valence-electron chi connectivity index (χ0n) is 28.4. The average Bonchev–Trinajstić information content (AvgIpc) is 3.38. The van der Waals surface area contributed by atoms with Crippen molar-refractivity contribution in [1.82, 2.24) is 14.4 Å². The van der Waals surface area contributed by atoms with E-state index >= 15 is 0 Å². The van der Waals surface area contributed by atoms with Crippen LogP contribution < -0.4 is 15.4 Å². The first-order valence-corrected chi connectivity index (χ1v) is 17.6. The Labute approximate surface area is 282 Å². The highest BCUT2D eigenvalue weighted by Gasteiger charge is 2.32. The molecule has 2 heterocycles. The monoisotopic (exact) mass is 685 g/mol. The molecule has 0 radical (unpaired) electrons. The van der Waals surface area contributed by atoms with Crippen molar-refractivity contribution in [2.45, 2.75) is 77.0 Å². The predicted molar refractivity (Wildman–Crippen MR) is 182 cm³/mol. The first-order chi connectivity index (χ1) is 22.8. The van der Waals surface area contributed by atoms with Gasteiger partial charge in [0.2, 0.25) is 10.0 Å². The zero-order chi connectivity index (χ0) is 35.0. The van der Waals surface area contributed by atoms with Crippen molar-refractivity contribution in [3.8, 4) is 5.75 Å². The van der Waals surface area contributed by atoms with Crippen LogP contribution >= 0.6 is 0 Å². The molecule has 1 aliphatic heterocycles. The van der Waals surface area contributed by atoms with Crippen molar-refractivity contribution in [3.63, 3.8) is 0 Å². The van der Waals surface area contributed by atoms with E-state index in [1.54, 1.807) is 74.2 Å². The number of sulfonamides is 1. The number of anilines is 2. The van der Waals surface area contributed by atoms with Crippen molar-refractivity contribution in [2.24, 2.45) is 5.92 Å². The van der Waals surface area contributed by atoms with E-state index in [0.29, 0.717) is 41.6 Å². The molecule has 4 rings (SSSR count). The molecule has 1 aliphatic rings. The molecule has 3 N–H and O–H groups in total. The fourth-order valence-electron chi connectivity index (χ4n) is 5.52. The van der Waals surface area contributed by atoms with Crippen molar-refractivity contribution < 1.29 is 37.1 Å². The minimum Gasteiger partial charge on any atom is -0.490 e. The van der Waals surface area contributed by atoms with E-state index in [0.717, 1.165) is 12.8 Å². The van der Waals surface area contributed by atoms with Crippen LogP contribution in [-0.4, -0.2) is 91.4 Å². The Kier molecular flexibility index (Phi) is 12.6. The number of rotatable bonds is 8. The lowest BCUT2D eigenvalue weighted by atomic mass is 10.0. The highest BCUT2D eigenvalue weighted by atomic mass is 32.2. The summed E-state index contributed by atoms with van der Waals surface area (Å²) >= 11 is 0. The van der Waals surface area contributed by atoms with Gasteiger partial charge in [0.25, 0.3) is 5.91 Å². The van der Waals surface area contributed by atoms with Gasteiger partial charge in [-0.3, -0.25) is 4.79 Å². The van der Waals surface area contributed by atoms with Crippen molar-refractivity contribution in [3.05, 3.63) is 65.5 Å². The second-order valence-electron chi connectivity index (χ2n) is 12.4. The summed E-state index contributed by atoms with van der Waals surface area (Å²) in [6, 6.07) is 11.9. The Bertz CT molecular complexity index is 1630. The summed E-state index contributed by atoms with van der Waals surface area (Å²) in [6.45, 7) is 9.28. The Balaban J connectivity index is 1.63. The van der Waals surface area contributed by atoms with Crippen LogP contribution in [0.15, 0.2) is 57.9 Å². The van der Waals surface area contributed by atoms with Gasteiger partial charge in [0.15, 0.2) is 5.76 Å². The van der Waals surface area contributed by atoms with E-state index in [1.165, 1.54) is 11.4 Å². The van der Waals surface area contributed by atoms with Crippen LogP contribution in [-0.2, 0) is 14.8 Å². The molecule has 2 aromatic carbocycles. The molecule has 0 unspecified atom stereocenters. The number of amides is 3. The van der Waals surface area contributed by atoms with Crippen LogP contribution in [0.5, 0.6) is 5.75 Å². The topological polar surface area (TPSA) is 164 Å². The molecule has 0 bridgehead atoms. The zero-order valence-corrected chi connectivity index (χ0v) is 29.2. The van der Waals surface area contributed by atoms with Crippen LogP contribution in [0.2, 0.25) is 0 Å². The Morgan fingerprint density at radius 2 is 1.85 bits per heavy atom. The van der Waals surface area contributed by atoms with E-state index in [2.05, 4.69) is 15.8 Å². The van der Waals surface area contributed by atoms with Gasteiger partial charge in [-0.15, -0.1) is 0 Å². The molecular formula is C34H47N5O8S. The van der Waals surface area contributed by atoms with E-state index in [1.807, 2.05) is 13.8 Å². The van der Waals surface area contributed by atoms with Crippen LogP contribution in [0, 0.1) is 19.8 Å². The maximum atomic E-state index is 14.4. The number of carbonyl (C=O) groups is 2. The van der Waals surface area contributed by atoms with Crippen LogP contribution in [0.25, 0.3) is 0 Å². The molecule has 3 amide bonds. The third-order valence-corrected chi connectivity index (χ3v) is 10.3. The van der Waals surface area contributed by atoms with Crippen molar-refractivity contribution in [2.75, 3.05) is 44.0 Å². The number of aliphatic hydroxyl groups excluding tert-OH is 1. The second-order valence-corrected chi connectivity index (χ2v) is 14.4. The molecule has 0 spiro atoms. The normalized spacial score (nSPS) is 20.4. The molecule has 262 valence electrons. The lowest BCUT2D eigenvalue weighted by Crippen LogP contribution is -2.48. The van der Waals surface area contributed by atoms with E-state index in [-0.39, 0.29) is 42.2 Å². The lowest BCUT2D eigenvalue weighted by Gasteiger charge is -2.35. The molecule has 1 aromatic heterocycles. The van der Waals surface area contributed by atoms with Gasteiger partial charge in [-0.2, -0.15) is 4.31 Å². The highest BCUT2D eigenvalue weighted by Crippen LogP contribution is 2.29. The van der Waals surface area contributed by atoms with Crippen LogP contribution in [0.3, 0.4) is 0 Å². The molecule has 13 nitrogen and oxygen atoms in total. The fourth-order valence-corrected chi connectivity index (χ4v) is 6.73. The maximum absolute atomic E-state index is 14.4. The van der Waals surface area contributed by atoms with Crippen LogP contribution in [0.4, 0.5) is 16.2 Å². The lowest BCUT2D eigenvalue weighted by molar-refractivity contribution is -0.00833. The third-order valence-electron chi connectivity index (χ3n) is 8.47. The number of likely N-dealkylation sites (N-methyl/N-ethyl adjacent to an activating group) is 1. The van der Waals surface area contributed by atoms with Crippen molar-refractivity contribution in [1.29, 1.82) is 0 Å². The Morgan fingerprint density at radius 1 is 1.12 bits per heavy atom. The summed E-state index contributed by atoms with van der Waals surface area (Å²) in [4.78, 5) is 29.0. The number of ether oxygens (including phenoxy) is 2. The van der Waals surface area contributed by atoms with E-state index in [9.17, 15) is 23.1 Å². The number of aromatic nitrogens is 1. The number of aryl methyl sites for hydroxylation is 2. The first kappa shape index (κ1) is 36.8. The van der Waals surface area contributed by atoms with Gasteiger partial charge in [0, 0.05) is 38.3 Å². The van der Waals surface area contributed by atoms with E-state index < -0.39 is 34.1 Å². The minimum absolute atomic E-state index is 0.0678. The first-order valence-electron chi connectivity index (χ1n) is 16.2. The molecule has 3 aromatic rings. The molecule has 0 saturated heterocycles. The van der Waals surface area contributed by atoms with Gasteiger partial charge in [0.1, 0.15) is 17.1 Å². The van der Waals surface area contributed by atoms with Gasteiger partial charge >= 0.3 is 6.03 Å². The van der Waals surface area contributed by atoms with Crippen molar-refractivity contribution >= 4 is 33.3 Å². The number of carbonyl (C=O) groups excluding carboxylic acids is 2. The maximum Gasteiger partial charge on any atom is 0.323 e. The second kappa shape index (κ2) is 16.4. The Morgan fingerprint density at radius 3 is 2.52 bits per heavy atom. The number of aliphatic hydroxyl groups is 1. The standard InChI is InChI=1S/C34H47N5O8S/c1-22-19-39(23(2)21-40)33(41)29-18-27(35-34(42)36-32-25(4)37-47-26(32)5)15-16-30(29)46-24(3)12-10-11-17-45-31(22)20-38(6)48(43,44)28-13-8-7-9-14-28/h7-9,13-16,18,22-24,31,40H,10-12,17,19-21H2,1-6H3,(H2,35,36,42)/t22-,23-,24-,31+/m0/s1. The highest BCUT2D eigenvalue weighted by molar-refractivity contribution is 7.89. The van der Waals surface area contributed by atoms with E-state index in [4.69, 9.17) is 14.0 Å². The summed E-state index contributed by atoms with van der Waals surface area (Å²) in [7, 11) is -2.26. The minimum atomic E-state index is -3.78. The summed E-state index contributed by atoms with van der Waals surface area (Å²) in [5.41, 5.74) is 1.54. The molecular weight excluding hydrogens is 638 g/mol. The number of urea groups is 1. The number of nitrogens with one attached hydrogen (secondary N) is 2.